The Morgan fingerprint density at radius 3 is 2.53 bits per heavy atom. The summed E-state index contributed by atoms with van der Waals surface area (Å²) < 4.78 is 23.4. The van der Waals surface area contributed by atoms with Crippen molar-refractivity contribution < 1.29 is 33.6 Å². The Labute approximate surface area is 197 Å². The van der Waals surface area contributed by atoms with E-state index in [1.165, 1.54) is 7.11 Å². The molecule has 8 heteroatoms. The van der Waals surface area contributed by atoms with Crippen molar-refractivity contribution in [3.63, 3.8) is 0 Å². The molecule has 8 nitrogen and oxygen atoms in total. The van der Waals surface area contributed by atoms with E-state index < -0.39 is 5.97 Å². The number of ketones is 1. The normalized spacial score (nSPS) is 12.3. The van der Waals surface area contributed by atoms with Crippen molar-refractivity contribution in [3.8, 4) is 28.7 Å². The van der Waals surface area contributed by atoms with E-state index in [9.17, 15) is 14.7 Å². The first-order valence-corrected chi connectivity index (χ1v) is 11.0. The number of aryl methyl sites for hydroxylation is 2. The SMILES string of the molecule is COc1ccc(CCC(=O)OCC(=O)c2cc(C)n(-c3ccc4c(c3)OCCO4)c2C)cc1O. The number of carbonyl (C=O) groups is 2. The molecule has 0 radical (unpaired) electrons. The van der Waals surface area contributed by atoms with Gasteiger partial charge >= 0.3 is 5.97 Å². The Bertz CT molecular complexity index is 1230. The average molecular weight is 466 g/mol. The monoisotopic (exact) mass is 465 g/mol. The molecule has 2 heterocycles. The van der Waals surface area contributed by atoms with Crippen LogP contribution < -0.4 is 14.2 Å². The standard InChI is InChI=1S/C26H27NO7/c1-16-12-20(17(2)27(16)19-6-8-24-25(14-19)33-11-10-32-24)22(29)15-34-26(30)9-5-18-4-7-23(31-3)21(28)13-18/h4,6-8,12-14,28H,5,9-11,15H2,1-3H3. The molecular formula is C26H27NO7. The van der Waals surface area contributed by atoms with E-state index >= 15 is 0 Å². The number of phenols is 1. The highest BCUT2D eigenvalue weighted by atomic mass is 16.6. The Morgan fingerprint density at radius 2 is 1.79 bits per heavy atom. The van der Waals surface area contributed by atoms with Crippen molar-refractivity contribution in [2.45, 2.75) is 26.7 Å². The maximum atomic E-state index is 12.8. The lowest BCUT2D eigenvalue weighted by molar-refractivity contribution is -0.142. The molecule has 2 aromatic carbocycles. The van der Waals surface area contributed by atoms with Gasteiger partial charge in [0.2, 0.25) is 5.78 Å². The summed E-state index contributed by atoms with van der Waals surface area (Å²) in [6, 6.07) is 12.4. The van der Waals surface area contributed by atoms with Crippen molar-refractivity contribution in [2.75, 3.05) is 26.9 Å². The van der Waals surface area contributed by atoms with Crippen LogP contribution in [-0.4, -0.2) is 48.4 Å². The van der Waals surface area contributed by atoms with Crippen molar-refractivity contribution in [1.29, 1.82) is 0 Å². The number of nitrogens with zero attached hydrogens (tertiary/aromatic N) is 1. The number of methoxy groups -OCH3 is 1. The van der Waals surface area contributed by atoms with Gasteiger partial charge in [-0.05, 0) is 56.2 Å². The Morgan fingerprint density at radius 1 is 1.03 bits per heavy atom. The first-order valence-electron chi connectivity index (χ1n) is 11.0. The van der Waals surface area contributed by atoms with Crippen molar-refractivity contribution in [1.82, 2.24) is 4.57 Å². The Balaban J connectivity index is 1.38. The van der Waals surface area contributed by atoms with Crippen molar-refractivity contribution in [2.24, 2.45) is 0 Å². The number of fused-ring (bicyclic) bond motifs is 1. The minimum absolute atomic E-state index is 0.0110. The van der Waals surface area contributed by atoms with E-state index in [0.29, 0.717) is 42.4 Å². The summed E-state index contributed by atoms with van der Waals surface area (Å²) in [6.07, 6.45) is 0.471. The summed E-state index contributed by atoms with van der Waals surface area (Å²) in [5, 5.41) is 9.85. The summed E-state index contributed by atoms with van der Waals surface area (Å²) in [7, 11) is 1.47. The fourth-order valence-electron chi connectivity index (χ4n) is 4.05. The third kappa shape index (κ3) is 4.85. The predicted molar refractivity (Wildman–Crippen MR) is 125 cm³/mol. The first-order chi connectivity index (χ1) is 16.4. The lowest BCUT2D eigenvalue weighted by Crippen LogP contribution is -2.16. The van der Waals surface area contributed by atoms with E-state index in [0.717, 1.165) is 22.6 Å². The molecule has 1 N–H and O–H groups in total. The second-order valence-corrected chi connectivity index (χ2v) is 8.04. The van der Waals surface area contributed by atoms with Gasteiger partial charge in [-0.2, -0.15) is 0 Å². The van der Waals surface area contributed by atoms with Crippen LogP contribution in [0.4, 0.5) is 0 Å². The summed E-state index contributed by atoms with van der Waals surface area (Å²) >= 11 is 0. The topological polar surface area (TPSA) is 96.2 Å². The van der Waals surface area contributed by atoms with Gasteiger partial charge in [0.1, 0.15) is 13.2 Å². The smallest absolute Gasteiger partial charge is 0.306 e. The summed E-state index contributed by atoms with van der Waals surface area (Å²) in [4.78, 5) is 25.0. The zero-order chi connectivity index (χ0) is 24.2. The van der Waals surface area contributed by atoms with Crippen LogP contribution in [0.3, 0.4) is 0 Å². The maximum absolute atomic E-state index is 12.8. The molecule has 3 aromatic rings. The van der Waals surface area contributed by atoms with E-state index in [4.69, 9.17) is 18.9 Å². The highest BCUT2D eigenvalue weighted by Gasteiger charge is 2.20. The second-order valence-electron chi connectivity index (χ2n) is 8.04. The summed E-state index contributed by atoms with van der Waals surface area (Å²) in [5.74, 6) is 0.994. The van der Waals surface area contributed by atoms with E-state index in [-0.39, 0.29) is 24.6 Å². The first kappa shape index (κ1) is 23.2. The number of hydrogen-bond acceptors (Lipinski definition) is 7. The third-order valence-corrected chi connectivity index (χ3v) is 5.74. The molecule has 0 saturated heterocycles. The van der Waals surface area contributed by atoms with Gasteiger partial charge in [-0.15, -0.1) is 0 Å². The third-order valence-electron chi connectivity index (χ3n) is 5.74. The number of esters is 1. The molecule has 0 atom stereocenters. The number of aromatic nitrogens is 1. The molecule has 0 bridgehead atoms. The number of ether oxygens (including phenoxy) is 4. The highest BCUT2D eigenvalue weighted by Crippen LogP contribution is 2.33. The minimum atomic E-state index is -0.482. The minimum Gasteiger partial charge on any atom is -0.504 e. The average Bonchev–Trinajstić information content (AvgIpc) is 3.14. The van der Waals surface area contributed by atoms with Gasteiger partial charge in [0.05, 0.1) is 7.11 Å². The second kappa shape index (κ2) is 9.91. The number of hydrogen-bond donors (Lipinski definition) is 1. The van der Waals surface area contributed by atoms with Crippen LogP contribution in [0.25, 0.3) is 5.69 Å². The quantitative estimate of drug-likeness (QED) is 0.398. The molecule has 1 aliphatic heterocycles. The number of aromatic hydroxyl groups is 1. The van der Waals surface area contributed by atoms with Crippen molar-refractivity contribution in [3.05, 3.63) is 65.0 Å². The summed E-state index contributed by atoms with van der Waals surface area (Å²) in [6.45, 7) is 4.45. The zero-order valence-electron chi connectivity index (χ0n) is 19.4. The Kier molecular flexibility index (Phi) is 6.77. The molecule has 1 aromatic heterocycles. The van der Waals surface area contributed by atoms with Gasteiger partial charge in [0.25, 0.3) is 0 Å². The van der Waals surface area contributed by atoms with Gasteiger partial charge < -0.3 is 28.6 Å². The van der Waals surface area contributed by atoms with Crippen LogP contribution in [0.2, 0.25) is 0 Å². The lowest BCUT2D eigenvalue weighted by atomic mass is 10.1. The Hall–Kier alpha value is -3.94. The van der Waals surface area contributed by atoms with Crippen LogP contribution in [0.15, 0.2) is 42.5 Å². The molecule has 178 valence electrons. The maximum Gasteiger partial charge on any atom is 0.306 e. The molecule has 0 aliphatic carbocycles. The number of benzene rings is 2. The van der Waals surface area contributed by atoms with E-state index in [1.54, 1.807) is 24.3 Å². The van der Waals surface area contributed by atoms with Crippen LogP contribution in [0.1, 0.15) is 33.7 Å². The largest absolute Gasteiger partial charge is 0.504 e. The summed E-state index contributed by atoms with van der Waals surface area (Å²) in [5.41, 5.74) is 3.76. The molecule has 0 saturated carbocycles. The van der Waals surface area contributed by atoms with Crippen LogP contribution >= 0.6 is 0 Å². The fraction of sp³-hybridized carbons (Fsp3) is 0.308. The molecule has 0 spiro atoms. The van der Waals surface area contributed by atoms with Crippen molar-refractivity contribution >= 4 is 11.8 Å². The fourth-order valence-corrected chi connectivity index (χ4v) is 4.05. The molecule has 1 aliphatic rings. The van der Waals surface area contributed by atoms with Gasteiger partial charge in [0, 0.05) is 35.1 Å². The van der Waals surface area contributed by atoms with E-state index in [2.05, 4.69) is 0 Å². The number of phenolic OH excluding ortho intramolecular Hbond substituents is 1. The van der Waals surface area contributed by atoms with Crippen LogP contribution in [0, 0.1) is 13.8 Å². The van der Waals surface area contributed by atoms with E-state index in [1.807, 2.05) is 36.6 Å². The highest BCUT2D eigenvalue weighted by molar-refractivity contribution is 5.99. The number of rotatable bonds is 8. The van der Waals surface area contributed by atoms with Gasteiger partial charge in [-0.1, -0.05) is 6.07 Å². The molecule has 34 heavy (non-hydrogen) atoms. The molecule has 0 unspecified atom stereocenters. The predicted octanol–water partition coefficient (Wildman–Crippen LogP) is 3.94. The molecule has 4 rings (SSSR count). The van der Waals surface area contributed by atoms with Gasteiger partial charge in [0.15, 0.2) is 29.6 Å². The van der Waals surface area contributed by atoms with Crippen LogP contribution in [-0.2, 0) is 16.0 Å². The molecule has 0 amide bonds. The number of Topliss-reactive ketones (excluding diaryl/α,β-unsaturated/α-hetero) is 1. The van der Waals surface area contributed by atoms with Gasteiger partial charge in [-0.25, -0.2) is 0 Å². The number of carbonyl (C=O) groups excluding carboxylic acids is 2. The van der Waals surface area contributed by atoms with Gasteiger partial charge in [-0.3, -0.25) is 9.59 Å². The van der Waals surface area contributed by atoms with Crippen LogP contribution in [0.5, 0.6) is 23.0 Å². The zero-order valence-corrected chi connectivity index (χ0v) is 19.4. The lowest BCUT2D eigenvalue weighted by Gasteiger charge is -2.20. The molecule has 0 fully saturated rings. The molecular weight excluding hydrogens is 438 g/mol.